The first-order valence-corrected chi connectivity index (χ1v) is 7.44. The molecule has 0 atom stereocenters. The average Bonchev–Trinajstić information content (AvgIpc) is 2.38. The summed E-state index contributed by atoms with van der Waals surface area (Å²) in [5.41, 5.74) is 2.12. The van der Waals surface area contributed by atoms with Gasteiger partial charge in [-0.25, -0.2) is 13.1 Å². The number of rotatable bonds is 3. The Bertz CT molecular complexity index is 676. The van der Waals surface area contributed by atoms with Gasteiger partial charge in [0.1, 0.15) is 0 Å². The SMILES string of the molecule is CS(=O)(=O)NC(=O)c1ccc(-c2[c]cccc2)cc1. The number of nitrogens with one attached hydrogen (secondary N) is 1. The number of carbonyl (C=O) groups is 1. The molecule has 0 aromatic heterocycles. The minimum atomic E-state index is -3.54. The van der Waals surface area contributed by atoms with Gasteiger partial charge in [-0.1, -0.05) is 36.4 Å². The molecule has 1 amide bonds. The summed E-state index contributed by atoms with van der Waals surface area (Å²) in [5.74, 6) is -0.633. The molecule has 0 saturated heterocycles. The third-order valence-electron chi connectivity index (χ3n) is 2.45. The number of amides is 1. The van der Waals surface area contributed by atoms with Crippen molar-refractivity contribution in [1.82, 2.24) is 4.72 Å². The van der Waals surface area contributed by atoms with Gasteiger partial charge in [-0.15, -0.1) is 0 Å². The second-order valence-electron chi connectivity index (χ2n) is 4.06. The fourth-order valence-corrected chi connectivity index (χ4v) is 2.06. The number of hydrogen-bond donors (Lipinski definition) is 1. The third kappa shape index (κ3) is 3.66. The van der Waals surface area contributed by atoms with Crippen molar-refractivity contribution in [2.75, 3.05) is 6.26 Å². The van der Waals surface area contributed by atoms with E-state index >= 15 is 0 Å². The molecule has 2 aromatic rings. The molecule has 0 heterocycles. The maximum atomic E-state index is 11.6. The summed E-state index contributed by atoms with van der Waals surface area (Å²) >= 11 is 0. The Morgan fingerprint density at radius 1 is 1.11 bits per heavy atom. The molecular formula is C14H12NO3S. The van der Waals surface area contributed by atoms with Gasteiger partial charge >= 0.3 is 0 Å². The summed E-state index contributed by atoms with van der Waals surface area (Å²) in [6.07, 6.45) is 0.943. The molecule has 0 bridgehead atoms. The second kappa shape index (κ2) is 5.24. The van der Waals surface area contributed by atoms with Gasteiger partial charge < -0.3 is 0 Å². The van der Waals surface area contributed by atoms with E-state index < -0.39 is 15.9 Å². The molecule has 0 unspecified atom stereocenters. The van der Waals surface area contributed by atoms with E-state index in [9.17, 15) is 13.2 Å². The highest BCUT2D eigenvalue weighted by Crippen LogP contribution is 2.18. The predicted octanol–water partition coefficient (Wildman–Crippen LogP) is 1.84. The molecule has 0 spiro atoms. The molecule has 0 aliphatic rings. The van der Waals surface area contributed by atoms with Gasteiger partial charge in [-0.3, -0.25) is 4.79 Å². The molecule has 0 fully saturated rings. The van der Waals surface area contributed by atoms with Gasteiger partial charge in [0, 0.05) is 5.56 Å². The standard InChI is InChI=1S/C14H12NO3S/c1-19(17,18)15-14(16)13-9-7-12(8-10-13)11-5-3-2-4-6-11/h2-5,7-10H,1H3,(H,15,16). The Morgan fingerprint density at radius 3 is 2.32 bits per heavy atom. The highest BCUT2D eigenvalue weighted by molar-refractivity contribution is 7.89. The Hall–Kier alpha value is -2.14. The number of benzene rings is 2. The first kappa shape index (κ1) is 13.3. The molecule has 2 rings (SSSR count). The molecule has 5 heteroatoms. The van der Waals surface area contributed by atoms with Crippen LogP contribution >= 0.6 is 0 Å². The normalized spacial score (nSPS) is 11.0. The van der Waals surface area contributed by atoms with Crippen molar-refractivity contribution >= 4 is 15.9 Å². The van der Waals surface area contributed by atoms with Crippen LogP contribution in [-0.2, 0) is 10.0 Å². The van der Waals surface area contributed by atoms with Crippen molar-refractivity contribution < 1.29 is 13.2 Å². The quantitative estimate of drug-likeness (QED) is 0.929. The number of hydrogen-bond acceptors (Lipinski definition) is 3. The fourth-order valence-electron chi connectivity index (χ4n) is 1.60. The molecule has 0 aliphatic carbocycles. The van der Waals surface area contributed by atoms with E-state index in [0.29, 0.717) is 5.56 Å². The maximum Gasteiger partial charge on any atom is 0.264 e. The number of carbonyl (C=O) groups excluding carboxylic acids is 1. The van der Waals surface area contributed by atoms with Crippen LogP contribution in [0, 0.1) is 6.07 Å². The second-order valence-corrected chi connectivity index (χ2v) is 5.81. The van der Waals surface area contributed by atoms with Crippen LogP contribution in [0.3, 0.4) is 0 Å². The highest BCUT2D eigenvalue weighted by atomic mass is 32.2. The molecule has 1 radical (unpaired) electrons. The zero-order chi connectivity index (χ0) is 13.9. The molecule has 1 N–H and O–H groups in total. The summed E-state index contributed by atoms with van der Waals surface area (Å²) in [4.78, 5) is 11.6. The monoisotopic (exact) mass is 274 g/mol. The molecule has 97 valence electrons. The largest absolute Gasteiger partial charge is 0.268 e. The van der Waals surface area contributed by atoms with Crippen molar-refractivity contribution in [2.45, 2.75) is 0 Å². The molecule has 0 aliphatic heterocycles. The van der Waals surface area contributed by atoms with Crippen LogP contribution in [0.4, 0.5) is 0 Å². The van der Waals surface area contributed by atoms with E-state index in [1.807, 2.05) is 22.9 Å². The Balaban J connectivity index is 2.22. The van der Waals surface area contributed by atoms with Crippen LogP contribution in [0.15, 0.2) is 48.5 Å². The van der Waals surface area contributed by atoms with Crippen molar-refractivity contribution in [3.05, 3.63) is 60.2 Å². The van der Waals surface area contributed by atoms with Crippen molar-refractivity contribution in [3.63, 3.8) is 0 Å². The first-order valence-electron chi connectivity index (χ1n) is 5.55. The van der Waals surface area contributed by atoms with E-state index in [2.05, 4.69) is 6.07 Å². The summed E-state index contributed by atoms with van der Waals surface area (Å²) in [6, 6.07) is 17.2. The minimum absolute atomic E-state index is 0.296. The minimum Gasteiger partial charge on any atom is -0.268 e. The van der Waals surface area contributed by atoms with Gasteiger partial charge in [-0.05, 0) is 29.3 Å². The van der Waals surface area contributed by atoms with E-state index in [1.165, 1.54) is 0 Å². The molecule has 0 saturated carbocycles. The first-order chi connectivity index (χ1) is 8.96. The lowest BCUT2D eigenvalue weighted by Gasteiger charge is -2.04. The van der Waals surface area contributed by atoms with E-state index in [1.54, 1.807) is 30.3 Å². The topological polar surface area (TPSA) is 63.2 Å². The van der Waals surface area contributed by atoms with Crippen LogP contribution in [-0.4, -0.2) is 20.6 Å². The van der Waals surface area contributed by atoms with E-state index in [0.717, 1.165) is 17.4 Å². The van der Waals surface area contributed by atoms with E-state index in [4.69, 9.17) is 0 Å². The van der Waals surface area contributed by atoms with Gasteiger partial charge in [0.05, 0.1) is 6.26 Å². The smallest absolute Gasteiger partial charge is 0.264 e. The maximum absolute atomic E-state index is 11.6. The molecule has 4 nitrogen and oxygen atoms in total. The Labute approximate surface area is 112 Å². The summed E-state index contributed by atoms with van der Waals surface area (Å²) < 4.78 is 23.9. The Kier molecular flexibility index (Phi) is 3.66. The van der Waals surface area contributed by atoms with Crippen LogP contribution in [0.5, 0.6) is 0 Å². The third-order valence-corrected chi connectivity index (χ3v) is 3.00. The molecular weight excluding hydrogens is 262 g/mol. The number of sulfonamides is 1. The van der Waals surface area contributed by atoms with Gasteiger partial charge in [0.25, 0.3) is 5.91 Å². The molecule has 19 heavy (non-hydrogen) atoms. The van der Waals surface area contributed by atoms with Crippen molar-refractivity contribution in [3.8, 4) is 11.1 Å². The summed E-state index contributed by atoms with van der Waals surface area (Å²) in [5, 5.41) is 0. The predicted molar refractivity (Wildman–Crippen MR) is 73.0 cm³/mol. The van der Waals surface area contributed by atoms with Gasteiger partial charge in [0.15, 0.2) is 0 Å². The van der Waals surface area contributed by atoms with Crippen LogP contribution in [0.2, 0.25) is 0 Å². The molecule has 2 aromatic carbocycles. The zero-order valence-electron chi connectivity index (χ0n) is 10.3. The average molecular weight is 274 g/mol. The van der Waals surface area contributed by atoms with Crippen LogP contribution < -0.4 is 4.72 Å². The van der Waals surface area contributed by atoms with Crippen molar-refractivity contribution in [1.29, 1.82) is 0 Å². The summed E-state index contributed by atoms with van der Waals surface area (Å²) in [7, 11) is -3.54. The lowest BCUT2D eigenvalue weighted by molar-refractivity contribution is 0.0981. The van der Waals surface area contributed by atoms with Crippen molar-refractivity contribution in [2.24, 2.45) is 0 Å². The van der Waals surface area contributed by atoms with Gasteiger partial charge in [0.2, 0.25) is 10.0 Å². The van der Waals surface area contributed by atoms with Crippen LogP contribution in [0.1, 0.15) is 10.4 Å². The lowest BCUT2D eigenvalue weighted by Crippen LogP contribution is -2.29. The highest BCUT2D eigenvalue weighted by Gasteiger charge is 2.10. The van der Waals surface area contributed by atoms with Crippen LogP contribution in [0.25, 0.3) is 11.1 Å². The fraction of sp³-hybridized carbons (Fsp3) is 0.0714. The lowest BCUT2D eigenvalue weighted by atomic mass is 10.0. The Morgan fingerprint density at radius 2 is 1.79 bits per heavy atom. The zero-order valence-corrected chi connectivity index (χ0v) is 11.1. The summed E-state index contributed by atoms with van der Waals surface area (Å²) in [6.45, 7) is 0. The van der Waals surface area contributed by atoms with E-state index in [-0.39, 0.29) is 0 Å². The van der Waals surface area contributed by atoms with Gasteiger partial charge in [-0.2, -0.15) is 0 Å².